The molecule has 3 N–H and O–H groups in total. The minimum absolute atomic E-state index is 0.0510. The molecule has 0 fully saturated rings. The summed E-state index contributed by atoms with van der Waals surface area (Å²) in [6.07, 6.45) is 10.6. The number of nitrogens with zero attached hydrogens (tertiary/aromatic N) is 8. The maximum atomic E-state index is 9.09. The first kappa shape index (κ1) is 79.8. The molecule has 0 saturated carbocycles. The van der Waals surface area contributed by atoms with E-state index in [1.807, 2.05) is 97.8 Å². The van der Waals surface area contributed by atoms with Crippen LogP contribution in [0.4, 0.5) is 5.13 Å². The Hall–Kier alpha value is -10.3. The van der Waals surface area contributed by atoms with Gasteiger partial charge >= 0.3 is 0 Å². The van der Waals surface area contributed by atoms with Crippen molar-refractivity contribution in [1.29, 1.82) is 0 Å². The van der Waals surface area contributed by atoms with Gasteiger partial charge in [-0.05, 0) is 170 Å². The number of oxazole rings is 2. The van der Waals surface area contributed by atoms with Crippen molar-refractivity contribution >= 4 is 114 Å². The molecule has 8 aromatic carbocycles. The summed E-state index contributed by atoms with van der Waals surface area (Å²) >= 11 is 3.30. The number of hydrogen-bond donors (Lipinski definition) is 2. The number of aliphatic hydroxyl groups excluding tert-OH is 1. The molecular weight excluding hydrogens is 1350 g/mol. The quantitative estimate of drug-likeness (QED) is 0.132. The van der Waals surface area contributed by atoms with Gasteiger partial charge in [0.05, 0.1) is 62.4 Å². The molecule has 0 radical (unpaired) electrons. The largest absolute Gasteiger partial charge is 0.495 e. The number of fused-ring (bicyclic) bond motifs is 8. The molecule has 0 spiro atoms. The fraction of sp³-hybridized carbons (Fsp3) is 0.297. The highest BCUT2D eigenvalue weighted by atomic mass is 32.1. The van der Waals surface area contributed by atoms with Crippen molar-refractivity contribution in [2.75, 3.05) is 12.8 Å². The van der Waals surface area contributed by atoms with E-state index in [1.165, 1.54) is 81.8 Å². The van der Waals surface area contributed by atoms with E-state index in [-0.39, 0.29) is 6.61 Å². The molecule has 13 nitrogen and oxygen atoms in total. The van der Waals surface area contributed by atoms with Crippen LogP contribution in [0.5, 0.6) is 5.75 Å². The standard InChI is InChI=1S/2C13H15NO.2C12H13N.C11H13NO.C10H12N2S.C10H11NO.C10H11NS/c1-9(2)11-5-4-6-13-12(11)7-10(15-3)8-14-13;1-9(2)11-4-3-5-13-12(11)6-10(8-15)7-14-13;1-9(2)10-5-3-7-12-11(10)6-4-8-13-12;1-9(2)11-5-3-4-10-8-13-7-6-12(10)11;1-7(2)9-5-4-6-10-11(9)13-8(3)12-10;1-6(2)7-4-3-5-8-9(7)13-10(11)12-8;2*1-7(2)8-4-3-5-9-10(8)12-6-11-9/h4-9H,1-3H3;3-7,9,15H,8H2,1-2H3;2*3-9H,1-2H3;4-7H,1-3H3;3-6H,1-2H3,(H2,11,12);2*3-7H,1-2H3. The molecule has 0 aliphatic heterocycles. The molecule has 0 aliphatic rings. The zero-order valence-corrected chi connectivity index (χ0v) is 66.4. The van der Waals surface area contributed by atoms with Crippen molar-refractivity contribution in [2.45, 2.75) is 172 Å². The van der Waals surface area contributed by atoms with Crippen LogP contribution in [-0.2, 0) is 6.61 Å². The number of aliphatic hydroxyl groups is 1. The molecule has 106 heavy (non-hydrogen) atoms. The molecule has 0 unspecified atom stereocenters. The van der Waals surface area contributed by atoms with Gasteiger partial charge in [-0.25, -0.2) is 19.9 Å². The van der Waals surface area contributed by atoms with Crippen LogP contribution in [0.3, 0.4) is 0 Å². The van der Waals surface area contributed by atoms with Crippen molar-refractivity contribution in [2.24, 2.45) is 0 Å². The second-order valence-corrected chi connectivity index (χ2v) is 30.5. The van der Waals surface area contributed by atoms with E-state index in [0.29, 0.717) is 52.5 Å². The van der Waals surface area contributed by atoms with Crippen molar-refractivity contribution in [1.82, 2.24) is 39.9 Å². The number of nitrogens with two attached hydrogens (primary N) is 1. The van der Waals surface area contributed by atoms with Crippen LogP contribution < -0.4 is 10.5 Å². The number of methoxy groups -OCH3 is 1. The van der Waals surface area contributed by atoms with Crippen LogP contribution in [0.15, 0.2) is 228 Å². The third-order valence-electron chi connectivity index (χ3n) is 18.1. The Morgan fingerprint density at radius 1 is 0.406 bits per heavy atom. The Balaban J connectivity index is 0.000000140. The van der Waals surface area contributed by atoms with Gasteiger partial charge in [0.15, 0.2) is 28.6 Å². The number of hydrogen-bond acceptors (Lipinski definition) is 15. The Morgan fingerprint density at radius 3 is 1.45 bits per heavy atom. The molecule has 16 aromatic rings. The lowest BCUT2D eigenvalue weighted by molar-refractivity contribution is 0.281. The molecule has 0 aliphatic carbocycles. The monoisotopic (exact) mass is 1450 g/mol. The number of pyridine rings is 4. The Morgan fingerprint density at radius 2 is 0.877 bits per heavy atom. The third-order valence-corrected chi connectivity index (χ3v) is 20.0. The van der Waals surface area contributed by atoms with Crippen molar-refractivity contribution in [3.05, 3.63) is 275 Å². The van der Waals surface area contributed by atoms with Gasteiger partial charge in [0.2, 0.25) is 0 Å². The summed E-state index contributed by atoms with van der Waals surface area (Å²) in [5, 5.41) is 15.9. The first-order chi connectivity index (χ1) is 51.0. The minimum atomic E-state index is 0.0510. The van der Waals surface area contributed by atoms with Gasteiger partial charge < -0.3 is 24.4 Å². The topological polar surface area (TPSA) is 185 Å². The van der Waals surface area contributed by atoms with Crippen molar-refractivity contribution in [3.63, 3.8) is 0 Å². The number of aryl methyl sites for hydroxylation is 1. The lowest BCUT2D eigenvalue weighted by Gasteiger charge is -2.10. The number of benzene rings is 8. The average molecular weight is 1450 g/mol. The predicted molar refractivity (Wildman–Crippen MR) is 449 cm³/mol. The number of rotatable bonds is 10. The van der Waals surface area contributed by atoms with Gasteiger partial charge in [0.25, 0.3) is 0 Å². The Bertz CT molecular complexity index is 5110. The molecule has 0 saturated heterocycles. The van der Waals surface area contributed by atoms with Gasteiger partial charge in [-0.3, -0.25) is 19.9 Å². The number of thiazole rings is 2. The summed E-state index contributed by atoms with van der Waals surface area (Å²) in [7, 11) is 1.67. The molecular formula is C91H103N9O4S2. The molecule has 0 bridgehead atoms. The maximum Gasteiger partial charge on any atom is 0.192 e. The predicted octanol–water partition coefficient (Wildman–Crippen LogP) is 25.6. The van der Waals surface area contributed by atoms with Gasteiger partial charge in [-0.1, -0.05) is 231 Å². The minimum Gasteiger partial charge on any atom is -0.495 e. The van der Waals surface area contributed by atoms with E-state index < -0.39 is 0 Å². The van der Waals surface area contributed by atoms with E-state index in [0.717, 1.165) is 72.4 Å². The van der Waals surface area contributed by atoms with Crippen LogP contribution in [0.1, 0.15) is 214 Å². The van der Waals surface area contributed by atoms with Gasteiger partial charge in [0.1, 0.15) is 16.8 Å². The molecule has 548 valence electrons. The number of nitrogen functional groups attached to an aromatic ring is 1. The van der Waals surface area contributed by atoms with E-state index in [4.69, 9.17) is 24.4 Å². The number of anilines is 1. The summed E-state index contributed by atoms with van der Waals surface area (Å²) < 4.78 is 18.6. The van der Waals surface area contributed by atoms with E-state index in [2.05, 4.69) is 260 Å². The SMILES string of the molecule is CC(C)c1cccc2cnccc12.CC(C)c1cccc2nc(N)sc12.CC(C)c1cccc2ncc(CO)cc12.CC(C)c1cccc2ncccc12.CC(C)c1cccc2ncoc12.CC(C)c1cccc2ncsc12.COc1cnc2cccc(C(C)C)c2c1.Cc1nc2cccc(C(C)C)c2o1. The number of para-hydroxylation sites is 2. The highest BCUT2D eigenvalue weighted by Crippen LogP contribution is 2.34. The second kappa shape index (κ2) is 38.1. The smallest absolute Gasteiger partial charge is 0.192 e. The van der Waals surface area contributed by atoms with Crippen LogP contribution in [0.2, 0.25) is 0 Å². The first-order valence-corrected chi connectivity index (χ1v) is 38.4. The zero-order chi connectivity index (χ0) is 76.1. The maximum absolute atomic E-state index is 9.09. The van der Waals surface area contributed by atoms with Gasteiger partial charge in [-0.2, -0.15) is 0 Å². The molecule has 8 heterocycles. The number of aromatic nitrogens is 8. The van der Waals surface area contributed by atoms with Crippen LogP contribution in [-0.4, -0.2) is 52.1 Å². The highest BCUT2D eigenvalue weighted by molar-refractivity contribution is 7.22. The Labute approximate surface area is 633 Å². The summed E-state index contributed by atoms with van der Waals surface area (Å²) in [6.45, 7) is 36.9. The Kier molecular flexibility index (Phi) is 28.7. The summed E-state index contributed by atoms with van der Waals surface area (Å²) in [4.78, 5) is 34.1. The fourth-order valence-electron chi connectivity index (χ4n) is 12.6. The van der Waals surface area contributed by atoms with Gasteiger partial charge in [-0.15, -0.1) is 11.3 Å². The van der Waals surface area contributed by atoms with E-state index in [1.54, 1.807) is 42.2 Å². The average Bonchev–Trinajstić information content (AvgIpc) is 1.63. The second-order valence-electron chi connectivity index (χ2n) is 28.6. The van der Waals surface area contributed by atoms with E-state index in [9.17, 15) is 0 Å². The fourth-order valence-corrected chi connectivity index (χ4v) is 14.5. The van der Waals surface area contributed by atoms with Crippen LogP contribution >= 0.6 is 22.7 Å². The summed E-state index contributed by atoms with van der Waals surface area (Å²) in [5.74, 6) is 5.76. The van der Waals surface area contributed by atoms with Crippen molar-refractivity contribution < 1.29 is 18.7 Å². The summed E-state index contributed by atoms with van der Waals surface area (Å²) in [5.41, 5.74) is 28.1. The third kappa shape index (κ3) is 20.6. The normalized spacial score (nSPS) is 11.2. The summed E-state index contributed by atoms with van der Waals surface area (Å²) in [6, 6.07) is 60.1. The van der Waals surface area contributed by atoms with Crippen LogP contribution in [0, 0.1) is 6.92 Å². The van der Waals surface area contributed by atoms with Crippen LogP contribution in [0.25, 0.3) is 86.1 Å². The lowest BCUT2D eigenvalue weighted by Crippen LogP contribution is -1.93. The molecule has 0 amide bonds. The molecule has 16 rings (SSSR count). The lowest BCUT2D eigenvalue weighted by atomic mass is 9.97. The van der Waals surface area contributed by atoms with E-state index >= 15 is 0 Å². The molecule has 8 aromatic heterocycles. The first-order valence-electron chi connectivity index (χ1n) is 36.7. The van der Waals surface area contributed by atoms with Crippen molar-refractivity contribution in [3.8, 4) is 5.75 Å². The molecule has 15 heteroatoms. The number of ether oxygens (including phenoxy) is 1. The zero-order valence-electron chi connectivity index (χ0n) is 64.8. The van der Waals surface area contributed by atoms with Gasteiger partial charge in [0, 0.05) is 53.3 Å². The highest BCUT2D eigenvalue weighted by Gasteiger charge is 2.14. The molecule has 0 atom stereocenters.